The summed E-state index contributed by atoms with van der Waals surface area (Å²) in [5.41, 5.74) is 0.897. The van der Waals surface area contributed by atoms with Crippen molar-refractivity contribution in [2.45, 2.75) is 18.9 Å². The molecule has 2 rings (SSSR count). The predicted molar refractivity (Wildman–Crippen MR) is 72.9 cm³/mol. The SMILES string of the molecule is OC(CCN1CCCOCC1)c1cccc(Cl)c1. The van der Waals surface area contributed by atoms with Gasteiger partial charge in [0, 0.05) is 31.3 Å². The van der Waals surface area contributed by atoms with Crippen LogP contribution < -0.4 is 0 Å². The molecule has 1 fully saturated rings. The van der Waals surface area contributed by atoms with E-state index in [0.717, 1.165) is 51.3 Å². The second kappa shape index (κ2) is 7.10. The minimum atomic E-state index is -0.437. The van der Waals surface area contributed by atoms with E-state index in [2.05, 4.69) is 4.90 Å². The molecule has 0 spiro atoms. The number of rotatable bonds is 4. The van der Waals surface area contributed by atoms with E-state index in [1.54, 1.807) is 0 Å². The summed E-state index contributed by atoms with van der Waals surface area (Å²) in [6.07, 6.45) is 1.38. The molecule has 4 heteroatoms. The van der Waals surface area contributed by atoms with Gasteiger partial charge in [0.15, 0.2) is 0 Å². The van der Waals surface area contributed by atoms with Crippen LogP contribution in [0.5, 0.6) is 0 Å². The quantitative estimate of drug-likeness (QED) is 0.912. The number of aliphatic hydroxyl groups excluding tert-OH is 1. The smallest absolute Gasteiger partial charge is 0.0802 e. The Morgan fingerprint density at radius 2 is 2.22 bits per heavy atom. The first-order valence-corrected chi connectivity index (χ1v) is 6.87. The third-order valence-corrected chi connectivity index (χ3v) is 3.50. The van der Waals surface area contributed by atoms with Crippen molar-refractivity contribution in [1.82, 2.24) is 4.90 Å². The molecule has 0 amide bonds. The minimum absolute atomic E-state index is 0.437. The largest absolute Gasteiger partial charge is 0.388 e. The van der Waals surface area contributed by atoms with Gasteiger partial charge >= 0.3 is 0 Å². The van der Waals surface area contributed by atoms with Crippen LogP contribution in [0.2, 0.25) is 5.02 Å². The maximum absolute atomic E-state index is 10.1. The molecule has 0 aromatic heterocycles. The fourth-order valence-corrected chi connectivity index (χ4v) is 2.41. The fraction of sp³-hybridized carbons (Fsp3) is 0.571. The highest BCUT2D eigenvalue weighted by molar-refractivity contribution is 6.30. The molecule has 100 valence electrons. The monoisotopic (exact) mass is 269 g/mol. The van der Waals surface area contributed by atoms with Crippen LogP contribution in [-0.2, 0) is 4.74 Å². The van der Waals surface area contributed by atoms with Gasteiger partial charge in [0.05, 0.1) is 12.7 Å². The molecule has 0 bridgehead atoms. The summed E-state index contributed by atoms with van der Waals surface area (Å²) < 4.78 is 5.41. The van der Waals surface area contributed by atoms with E-state index in [1.165, 1.54) is 0 Å². The molecule has 0 radical (unpaired) electrons. The molecule has 1 aliphatic heterocycles. The Morgan fingerprint density at radius 1 is 1.33 bits per heavy atom. The van der Waals surface area contributed by atoms with E-state index in [-0.39, 0.29) is 0 Å². The third kappa shape index (κ3) is 4.25. The van der Waals surface area contributed by atoms with Crippen molar-refractivity contribution in [2.75, 3.05) is 32.8 Å². The van der Waals surface area contributed by atoms with Gasteiger partial charge in [-0.2, -0.15) is 0 Å². The summed E-state index contributed by atoms with van der Waals surface area (Å²) in [6, 6.07) is 7.45. The van der Waals surface area contributed by atoms with Crippen molar-refractivity contribution < 1.29 is 9.84 Å². The van der Waals surface area contributed by atoms with E-state index in [1.807, 2.05) is 24.3 Å². The molecule has 3 nitrogen and oxygen atoms in total. The van der Waals surface area contributed by atoms with Crippen LogP contribution in [0.4, 0.5) is 0 Å². The zero-order chi connectivity index (χ0) is 12.8. The molecule has 1 aliphatic rings. The van der Waals surface area contributed by atoms with Crippen molar-refractivity contribution in [1.29, 1.82) is 0 Å². The molecule has 1 saturated heterocycles. The Labute approximate surface area is 113 Å². The van der Waals surface area contributed by atoms with E-state index in [0.29, 0.717) is 5.02 Å². The van der Waals surface area contributed by atoms with Gasteiger partial charge in [0.2, 0.25) is 0 Å². The van der Waals surface area contributed by atoms with Crippen LogP contribution in [0.15, 0.2) is 24.3 Å². The minimum Gasteiger partial charge on any atom is -0.388 e. The molecule has 1 atom stereocenters. The lowest BCUT2D eigenvalue weighted by atomic mass is 10.1. The number of aliphatic hydroxyl groups is 1. The fourth-order valence-electron chi connectivity index (χ4n) is 2.21. The number of benzene rings is 1. The number of nitrogens with zero attached hydrogens (tertiary/aromatic N) is 1. The molecule has 1 N–H and O–H groups in total. The first-order chi connectivity index (χ1) is 8.75. The van der Waals surface area contributed by atoms with E-state index in [4.69, 9.17) is 16.3 Å². The lowest BCUT2D eigenvalue weighted by molar-refractivity contribution is 0.126. The van der Waals surface area contributed by atoms with Crippen molar-refractivity contribution in [3.63, 3.8) is 0 Å². The zero-order valence-electron chi connectivity index (χ0n) is 10.5. The van der Waals surface area contributed by atoms with Crippen LogP contribution in [0.3, 0.4) is 0 Å². The maximum atomic E-state index is 10.1. The summed E-state index contributed by atoms with van der Waals surface area (Å²) in [4.78, 5) is 2.35. The lowest BCUT2D eigenvalue weighted by Gasteiger charge is -2.21. The lowest BCUT2D eigenvalue weighted by Crippen LogP contribution is -2.28. The van der Waals surface area contributed by atoms with E-state index >= 15 is 0 Å². The van der Waals surface area contributed by atoms with E-state index in [9.17, 15) is 5.11 Å². The first-order valence-electron chi connectivity index (χ1n) is 6.49. The highest BCUT2D eigenvalue weighted by Gasteiger charge is 2.13. The maximum Gasteiger partial charge on any atom is 0.0802 e. The van der Waals surface area contributed by atoms with Gasteiger partial charge in [-0.05, 0) is 30.5 Å². The van der Waals surface area contributed by atoms with Crippen molar-refractivity contribution in [2.24, 2.45) is 0 Å². The highest BCUT2D eigenvalue weighted by Crippen LogP contribution is 2.20. The van der Waals surface area contributed by atoms with Crippen LogP contribution in [-0.4, -0.2) is 42.9 Å². The molecule has 0 aliphatic carbocycles. The van der Waals surface area contributed by atoms with E-state index < -0.39 is 6.10 Å². The third-order valence-electron chi connectivity index (χ3n) is 3.27. The highest BCUT2D eigenvalue weighted by atomic mass is 35.5. The van der Waals surface area contributed by atoms with Crippen molar-refractivity contribution in [3.8, 4) is 0 Å². The summed E-state index contributed by atoms with van der Waals surface area (Å²) in [5, 5.41) is 10.8. The molecule has 1 unspecified atom stereocenters. The summed E-state index contributed by atoms with van der Waals surface area (Å²) in [7, 11) is 0. The summed E-state index contributed by atoms with van der Waals surface area (Å²) in [5.74, 6) is 0. The second-order valence-electron chi connectivity index (χ2n) is 4.67. The van der Waals surface area contributed by atoms with Gasteiger partial charge in [0.25, 0.3) is 0 Å². The average Bonchev–Trinajstić information content (AvgIpc) is 2.64. The number of hydrogen-bond donors (Lipinski definition) is 1. The molecule has 18 heavy (non-hydrogen) atoms. The van der Waals surface area contributed by atoms with Gasteiger partial charge in [0.1, 0.15) is 0 Å². The molecule has 1 aromatic carbocycles. The standard InChI is InChI=1S/C14H20ClNO2/c15-13-4-1-3-12(11-13)14(17)5-7-16-6-2-9-18-10-8-16/h1,3-4,11,14,17H,2,5-10H2. The summed E-state index contributed by atoms with van der Waals surface area (Å²) in [6.45, 7) is 4.57. The van der Waals surface area contributed by atoms with Crippen molar-refractivity contribution >= 4 is 11.6 Å². The van der Waals surface area contributed by atoms with Crippen molar-refractivity contribution in [3.05, 3.63) is 34.9 Å². The Balaban J connectivity index is 1.82. The van der Waals surface area contributed by atoms with Crippen LogP contribution in [0, 0.1) is 0 Å². The van der Waals surface area contributed by atoms with Gasteiger partial charge in [-0.15, -0.1) is 0 Å². The molecule has 0 saturated carbocycles. The molecule has 1 aromatic rings. The van der Waals surface area contributed by atoms with Crippen LogP contribution in [0.25, 0.3) is 0 Å². The number of ether oxygens (including phenoxy) is 1. The predicted octanol–water partition coefficient (Wildman–Crippen LogP) is 2.49. The topological polar surface area (TPSA) is 32.7 Å². The van der Waals surface area contributed by atoms with Crippen LogP contribution >= 0.6 is 11.6 Å². The molecular formula is C14H20ClNO2. The molecule has 1 heterocycles. The number of halogens is 1. The Bertz CT molecular complexity index is 365. The average molecular weight is 270 g/mol. The Kier molecular flexibility index (Phi) is 5.45. The Hall–Kier alpha value is -0.610. The normalized spacial score (nSPS) is 19.4. The van der Waals surface area contributed by atoms with Crippen LogP contribution in [0.1, 0.15) is 24.5 Å². The Morgan fingerprint density at radius 3 is 3.06 bits per heavy atom. The van der Waals surface area contributed by atoms with Gasteiger partial charge < -0.3 is 14.7 Å². The van der Waals surface area contributed by atoms with Gasteiger partial charge in [-0.1, -0.05) is 23.7 Å². The summed E-state index contributed by atoms with van der Waals surface area (Å²) >= 11 is 5.92. The molecular weight excluding hydrogens is 250 g/mol. The number of hydrogen-bond acceptors (Lipinski definition) is 3. The second-order valence-corrected chi connectivity index (χ2v) is 5.10. The van der Waals surface area contributed by atoms with Gasteiger partial charge in [-0.3, -0.25) is 0 Å². The van der Waals surface area contributed by atoms with Gasteiger partial charge in [-0.25, -0.2) is 0 Å². The first kappa shape index (κ1) is 13.8. The zero-order valence-corrected chi connectivity index (χ0v) is 11.3.